The third-order valence-corrected chi connectivity index (χ3v) is 3.59. The second kappa shape index (κ2) is 6.16. The van der Waals surface area contributed by atoms with Crippen LogP contribution in [0.3, 0.4) is 0 Å². The van der Waals surface area contributed by atoms with E-state index < -0.39 is 0 Å². The van der Waals surface area contributed by atoms with Crippen LogP contribution in [0.15, 0.2) is 40.9 Å². The summed E-state index contributed by atoms with van der Waals surface area (Å²) in [6, 6.07) is 12.3. The van der Waals surface area contributed by atoms with Gasteiger partial charge >= 0.3 is 0 Å². The van der Waals surface area contributed by atoms with E-state index in [4.69, 9.17) is 12.2 Å². The van der Waals surface area contributed by atoms with Crippen LogP contribution in [0.1, 0.15) is 13.3 Å². The Morgan fingerprint density at radius 3 is 2.61 bits per heavy atom. The third-order valence-electron chi connectivity index (χ3n) is 2.65. The van der Waals surface area contributed by atoms with Crippen molar-refractivity contribution in [2.45, 2.75) is 13.3 Å². The minimum Gasteiger partial charge on any atom is -0.362 e. The van der Waals surface area contributed by atoms with Crippen molar-refractivity contribution in [2.24, 2.45) is 0 Å². The molecule has 0 unspecified atom stereocenters. The van der Waals surface area contributed by atoms with Crippen molar-refractivity contribution in [3.63, 3.8) is 0 Å². The number of halogens is 1. The number of anilines is 1. The summed E-state index contributed by atoms with van der Waals surface area (Å²) in [7, 11) is 0. The average molecular weight is 323 g/mol. The summed E-state index contributed by atoms with van der Waals surface area (Å²) < 4.78 is 1.09. The average Bonchev–Trinajstić information content (AvgIpc) is 2.40. The molecule has 2 aromatic rings. The highest BCUT2D eigenvalue weighted by atomic mass is 79.9. The van der Waals surface area contributed by atoms with Gasteiger partial charge in [0.25, 0.3) is 0 Å². The van der Waals surface area contributed by atoms with Gasteiger partial charge in [-0.15, -0.1) is 0 Å². The van der Waals surface area contributed by atoms with E-state index in [9.17, 15) is 0 Å². The molecule has 0 bridgehead atoms. The Bertz CT molecular complexity index is 569. The Kier molecular flexibility index (Phi) is 4.55. The van der Waals surface area contributed by atoms with E-state index in [1.54, 1.807) is 0 Å². The van der Waals surface area contributed by atoms with Crippen molar-refractivity contribution >= 4 is 49.7 Å². The zero-order chi connectivity index (χ0) is 13.0. The fourth-order valence-corrected chi connectivity index (χ4v) is 2.47. The molecule has 0 radical (unpaired) electrons. The van der Waals surface area contributed by atoms with Crippen molar-refractivity contribution in [2.75, 3.05) is 11.9 Å². The lowest BCUT2D eigenvalue weighted by atomic mass is 10.1. The molecule has 94 valence electrons. The first-order valence-electron chi connectivity index (χ1n) is 5.94. The van der Waals surface area contributed by atoms with Gasteiger partial charge in [-0.25, -0.2) is 0 Å². The van der Waals surface area contributed by atoms with Gasteiger partial charge in [0.05, 0.1) is 0 Å². The van der Waals surface area contributed by atoms with Gasteiger partial charge in [-0.1, -0.05) is 47.1 Å². The van der Waals surface area contributed by atoms with Crippen LogP contribution in [0.2, 0.25) is 0 Å². The fraction of sp³-hybridized carbons (Fsp3) is 0.214. The number of rotatable bonds is 3. The first-order valence-corrected chi connectivity index (χ1v) is 7.14. The van der Waals surface area contributed by atoms with E-state index in [0.29, 0.717) is 5.11 Å². The molecule has 0 atom stereocenters. The normalized spacial score (nSPS) is 10.3. The molecule has 18 heavy (non-hydrogen) atoms. The number of benzene rings is 2. The standard InChI is InChI=1S/C14H15BrN2S/c1-2-9-16-14(18)17-13-8-7-12(15)10-5-3-4-6-11(10)13/h3-8H,2,9H2,1H3,(H2,16,17,18). The van der Waals surface area contributed by atoms with Gasteiger partial charge in [-0.05, 0) is 36.2 Å². The molecule has 0 saturated carbocycles. The second-order valence-electron chi connectivity index (χ2n) is 4.02. The molecule has 0 aliphatic carbocycles. The van der Waals surface area contributed by atoms with Crippen molar-refractivity contribution < 1.29 is 0 Å². The van der Waals surface area contributed by atoms with Crippen LogP contribution < -0.4 is 10.6 Å². The highest BCUT2D eigenvalue weighted by molar-refractivity contribution is 9.10. The van der Waals surface area contributed by atoms with Crippen LogP contribution in [-0.2, 0) is 0 Å². The van der Waals surface area contributed by atoms with Crippen LogP contribution in [0, 0.1) is 0 Å². The molecule has 0 fully saturated rings. The Balaban J connectivity index is 2.29. The summed E-state index contributed by atoms with van der Waals surface area (Å²) in [4.78, 5) is 0. The number of nitrogens with one attached hydrogen (secondary N) is 2. The first-order chi connectivity index (χ1) is 8.72. The smallest absolute Gasteiger partial charge is 0.170 e. The lowest BCUT2D eigenvalue weighted by Crippen LogP contribution is -2.28. The molecular formula is C14H15BrN2S. The lowest BCUT2D eigenvalue weighted by Gasteiger charge is -2.12. The predicted octanol–water partition coefficient (Wildman–Crippen LogP) is 4.30. The summed E-state index contributed by atoms with van der Waals surface area (Å²) in [5, 5.41) is 9.43. The number of thiocarbonyl (C=S) groups is 1. The Hall–Kier alpha value is -1.13. The highest BCUT2D eigenvalue weighted by Gasteiger charge is 2.04. The van der Waals surface area contributed by atoms with Gasteiger partial charge in [-0.2, -0.15) is 0 Å². The minimum absolute atomic E-state index is 0.671. The van der Waals surface area contributed by atoms with Gasteiger partial charge < -0.3 is 10.6 Å². The van der Waals surface area contributed by atoms with E-state index in [1.165, 1.54) is 5.39 Å². The first kappa shape index (κ1) is 13.3. The molecule has 0 heterocycles. The number of hydrogen-bond acceptors (Lipinski definition) is 1. The van der Waals surface area contributed by atoms with Gasteiger partial charge in [0.1, 0.15) is 0 Å². The molecule has 0 aromatic heterocycles. The van der Waals surface area contributed by atoms with Crippen LogP contribution in [0.25, 0.3) is 10.8 Å². The van der Waals surface area contributed by atoms with Crippen LogP contribution in [0.4, 0.5) is 5.69 Å². The molecule has 2 N–H and O–H groups in total. The third kappa shape index (κ3) is 3.00. The summed E-state index contributed by atoms with van der Waals surface area (Å²) in [6.07, 6.45) is 1.06. The highest BCUT2D eigenvalue weighted by Crippen LogP contribution is 2.29. The molecule has 0 aliphatic heterocycles. The van der Waals surface area contributed by atoms with Gasteiger partial charge in [0, 0.05) is 22.1 Å². The quantitative estimate of drug-likeness (QED) is 0.824. The maximum Gasteiger partial charge on any atom is 0.170 e. The predicted molar refractivity (Wildman–Crippen MR) is 86.2 cm³/mol. The summed E-state index contributed by atoms with van der Waals surface area (Å²) in [5.74, 6) is 0. The molecule has 0 aliphatic rings. The topological polar surface area (TPSA) is 24.1 Å². The van der Waals surface area contributed by atoms with E-state index in [-0.39, 0.29) is 0 Å². The summed E-state index contributed by atoms with van der Waals surface area (Å²) >= 11 is 8.83. The Morgan fingerprint density at radius 2 is 1.89 bits per heavy atom. The minimum atomic E-state index is 0.671. The number of hydrogen-bond donors (Lipinski definition) is 2. The van der Waals surface area contributed by atoms with Crippen molar-refractivity contribution in [3.05, 3.63) is 40.9 Å². The van der Waals surface area contributed by atoms with Crippen molar-refractivity contribution in [3.8, 4) is 0 Å². The lowest BCUT2D eigenvalue weighted by molar-refractivity contribution is 0.847. The van der Waals surface area contributed by atoms with E-state index in [0.717, 1.165) is 28.5 Å². The molecule has 0 spiro atoms. The zero-order valence-electron chi connectivity index (χ0n) is 10.2. The fourth-order valence-electron chi connectivity index (χ4n) is 1.78. The van der Waals surface area contributed by atoms with Crippen LogP contribution in [0.5, 0.6) is 0 Å². The molecule has 0 amide bonds. The molecule has 2 nitrogen and oxygen atoms in total. The van der Waals surface area contributed by atoms with E-state index in [1.807, 2.05) is 24.3 Å². The monoisotopic (exact) mass is 322 g/mol. The van der Waals surface area contributed by atoms with Gasteiger partial charge in [0.15, 0.2) is 5.11 Å². The Morgan fingerprint density at radius 1 is 1.17 bits per heavy atom. The van der Waals surface area contributed by atoms with Crippen LogP contribution >= 0.6 is 28.1 Å². The van der Waals surface area contributed by atoms with E-state index in [2.05, 4.69) is 45.6 Å². The molecule has 2 aromatic carbocycles. The molecule has 0 saturated heterocycles. The summed E-state index contributed by atoms with van der Waals surface area (Å²) in [5.41, 5.74) is 1.03. The van der Waals surface area contributed by atoms with Crippen molar-refractivity contribution in [1.82, 2.24) is 5.32 Å². The Labute approximate surface area is 121 Å². The maximum absolute atomic E-state index is 5.26. The largest absolute Gasteiger partial charge is 0.362 e. The number of fused-ring (bicyclic) bond motifs is 1. The molecule has 2 rings (SSSR count). The SMILES string of the molecule is CCCNC(=S)Nc1ccc(Br)c2ccccc12. The van der Waals surface area contributed by atoms with E-state index >= 15 is 0 Å². The van der Waals surface area contributed by atoms with Gasteiger partial charge in [-0.3, -0.25) is 0 Å². The maximum atomic E-state index is 5.26. The summed E-state index contributed by atoms with van der Waals surface area (Å²) in [6.45, 7) is 3.00. The van der Waals surface area contributed by atoms with Crippen molar-refractivity contribution in [1.29, 1.82) is 0 Å². The van der Waals surface area contributed by atoms with Crippen LogP contribution in [-0.4, -0.2) is 11.7 Å². The molecular weight excluding hydrogens is 308 g/mol. The zero-order valence-corrected chi connectivity index (χ0v) is 12.6. The van der Waals surface area contributed by atoms with Gasteiger partial charge in [0.2, 0.25) is 0 Å². The molecule has 4 heteroatoms. The second-order valence-corrected chi connectivity index (χ2v) is 5.28.